The minimum absolute atomic E-state index is 0.0740. The summed E-state index contributed by atoms with van der Waals surface area (Å²) in [6.45, 7) is 0. The van der Waals surface area contributed by atoms with E-state index in [4.69, 9.17) is 17.3 Å². The summed E-state index contributed by atoms with van der Waals surface area (Å²) < 4.78 is 0.0781. The molecule has 0 atom stereocenters. The Bertz CT molecular complexity index is 344. The van der Waals surface area contributed by atoms with Gasteiger partial charge in [-0.05, 0) is 15.9 Å². The Balaban J connectivity index is 3.43. The molecule has 0 aliphatic carbocycles. The second kappa shape index (κ2) is 3.24. The van der Waals surface area contributed by atoms with Crippen LogP contribution in [0.15, 0.2) is 10.8 Å². The summed E-state index contributed by atoms with van der Waals surface area (Å²) in [6.07, 6.45) is 1.24. The van der Waals surface area contributed by atoms with Crippen LogP contribution in [-0.2, 0) is 0 Å². The molecule has 0 aromatic carbocycles. The third-order valence-electron chi connectivity index (χ3n) is 1.18. The molecular weight excluding hydrogens is 249 g/mol. The summed E-state index contributed by atoms with van der Waals surface area (Å²) in [7, 11) is 0. The van der Waals surface area contributed by atoms with Gasteiger partial charge in [-0.1, -0.05) is 11.6 Å². The van der Waals surface area contributed by atoms with Crippen molar-refractivity contribution in [3.63, 3.8) is 0 Å². The quantitative estimate of drug-likeness (QED) is 0.471. The highest BCUT2D eigenvalue weighted by molar-refractivity contribution is 9.10. The number of halogens is 2. The first-order chi connectivity index (χ1) is 5.54. The van der Waals surface area contributed by atoms with E-state index in [1.165, 1.54) is 6.20 Å². The van der Waals surface area contributed by atoms with Crippen LogP contribution in [0.2, 0.25) is 5.02 Å². The lowest BCUT2D eigenvalue weighted by Crippen LogP contribution is -1.98. The first-order valence-corrected chi connectivity index (χ1v) is 3.95. The maximum atomic E-state index is 10.4. The Kier molecular flexibility index (Phi) is 2.49. The fraction of sp³-hybridized carbons (Fsp3) is 0. The van der Waals surface area contributed by atoms with Crippen LogP contribution >= 0.6 is 27.5 Å². The van der Waals surface area contributed by atoms with Crippen molar-refractivity contribution >= 4 is 38.9 Å². The Morgan fingerprint density at radius 3 is 2.75 bits per heavy atom. The lowest BCUT2D eigenvalue weighted by atomic mass is 10.4. The van der Waals surface area contributed by atoms with Gasteiger partial charge >= 0.3 is 5.69 Å². The summed E-state index contributed by atoms with van der Waals surface area (Å²) in [5.41, 5.74) is 4.96. The van der Waals surface area contributed by atoms with Crippen molar-refractivity contribution in [3.05, 3.63) is 25.9 Å². The van der Waals surface area contributed by atoms with Gasteiger partial charge in [-0.2, -0.15) is 0 Å². The van der Waals surface area contributed by atoms with Gasteiger partial charge in [0.05, 0.1) is 9.95 Å². The van der Waals surface area contributed by atoms with Gasteiger partial charge in [-0.3, -0.25) is 10.1 Å². The molecule has 0 unspecified atom stereocenters. The van der Waals surface area contributed by atoms with E-state index >= 15 is 0 Å². The molecule has 0 amide bonds. The van der Waals surface area contributed by atoms with Crippen molar-refractivity contribution in [3.8, 4) is 0 Å². The molecule has 7 heteroatoms. The van der Waals surface area contributed by atoms with Gasteiger partial charge in [0.25, 0.3) is 0 Å². The second-order valence-electron chi connectivity index (χ2n) is 1.92. The number of nitrogens with zero attached hydrogens (tertiary/aromatic N) is 2. The average Bonchev–Trinajstić information content (AvgIpc) is 1.97. The van der Waals surface area contributed by atoms with E-state index in [1.807, 2.05) is 0 Å². The first-order valence-electron chi connectivity index (χ1n) is 2.78. The zero-order valence-corrected chi connectivity index (χ0v) is 7.96. The lowest BCUT2D eigenvalue weighted by Gasteiger charge is -1.99. The van der Waals surface area contributed by atoms with Crippen molar-refractivity contribution in [2.75, 3.05) is 5.73 Å². The number of rotatable bonds is 1. The van der Waals surface area contributed by atoms with Crippen LogP contribution in [-0.4, -0.2) is 9.91 Å². The van der Waals surface area contributed by atoms with E-state index in [0.717, 1.165) is 0 Å². The SMILES string of the molecule is Nc1c(Cl)cnc(Br)c1[N+](=O)[O-]. The minimum Gasteiger partial charge on any atom is -0.392 e. The highest BCUT2D eigenvalue weighted by atomic mass is 79.9. The molecule has 0 spiro atoms. The molecule has 1 aromatic heterocycles. The molecule has 1 aromatic rings. The fourth-order valence-electron chi connectivity index (χ4n) is 0.642. The number of nitro groups is 1. The van der Waals surface area contributed by atoms with Crippen LogP contribution in [0.5, 0.6) is 0 Å². The van der Waals surface area contributed by atoms with Crippen LogP contribution in [0.25, 0.3) is 0 Å². The summed E-state index contributed by atoms with van der Waals surface area (Å²) in [6, 6.07) is 0. The van der Waals surface area contributed by atoms with Crippen LogP contribution in [0.3, 0.4) is 0 Å². The zero-order valence-electron chi connectivity index (χ0n) is 5.62. The summed E-state index contributed by atoms with van der Waals surface area (Å²) >= 11 is 8.41. The number of nitrogen functional groups attached to an aromatic ring is 1. The number of pyridine rings is 1. The van der Waals surface area contributed by atoms with Gasteiger partial charge in [0.15, 0.2) is 4.60 Å². The monoisotopic (exact) mass is 251 g/mol. The maximum absolute atomic E-state index is 10.4. The van der Waals surface area contributed by atoms with Crippen molar-refractivity contribution < 1.29 is 4.92 Å². The highest BCUT2D eigenvalue weighted by Crippen LogP contribution is 2.33. The van der Waals surface area contributed by atoms with Crippen LogP contribution < -0.4 is 5.73 Å². The molecule has 0 fully saturated rings. The maximum Gasteiger partial charge on any atom is 0.326 e. The van der Waals surface area contributed by atoms with Gasteiger partial charge in [0, 0.05) is 6.20 Å². The van der Waals surface area contributed by atoms with E-state index in [2.05, 4.69) is 20.9 Å². The normalized spacial score (nSPS) is 9.83. The molecule has 1 heterocycles. The second-order valence-corrected chi connectivity index (χ2v) is 3.07. The van der Waals surface area contributed by atoms with Gasteiger partial charge in [-0.25, -0.2) is 4.98 Å². The predicted octanol–water partition coefficient (Wildman–Crippen LogP) is 1.99. The standard InChI is InChI=1S/C5H3BrClN3O2/c6-5-4(10(11)12)3(8)2(7)1-9-5/h1H,(H2,8,9). The summed E-state index contributed by atoms with van der Waals surface area (Å²) in [5, 5.41) is 10.5. The van der Waals surface area contributed by atoms with Crippen molar-refractivity contribution in [1.82, 2.24) is 4.98 Å². The van der Waals surface area contributed by atoms with Crippen LogP contribution in [0, 0.1) is 10.1 Å². The van der Waals surface area contributed by atoms with Crippen LogP contribution in [0.1, 0.15) is 0 Å². The Labute approximate surface area is 80.8 Å². The van der Waals surface area contributed by atoms with Crippen molar-refractivity contribution in [2.45, 2.75) is 0 Å². The minimum atomic E-state index is -0.641. The number of anilines is 1. The number of nitrogens with two attached hydrogens (primary N) is 1. The number of hydrogen-bond acceptors (Lipinski definition) is 4. The number of aromatic nitrogens is 1. The molecule has 0 aliphatic rings. The molecule has 5 nitrogen and oxygen atoms in total. The Hall–Kier alpha value is -0.880. The number of hydrogen-bond donors (Lipinski definition) is 1. The topological polar surface area (TPSA) is 82.0 Å². The first kappa shape index (κ1) is 9.21. The molecule has 0 bridgehead atoms. The molecule has 0 aliphatic heterocycles. The molecule has 0 radical (unpaired) electrons. The zero-order chi connectivity index (χ0) is 9.30. The molecule has 0 saturated heterocycles. The fourth-order valence-corrected chi connectivity index (χ4v) is 1.24. The van der Waals surface area contributed by atoms with Gasteiger partial charge in [0.1, 0.15) is 5.69 Å². The van der Waals surface area contributed by atoms with E-state index in [1.54, 1.807) is 0 Å². The highest BCUT2D eigenvalue weighted by Gasteiger charge is 2.19. The molecule has 12 heavy (non-hydrogen) atoms. The van der Waals surface area contributed by atoms with Gasteiger partial charge in [-0.15, -0.1) is 0 Å². The van der Waals surface area contributed by atoms with Crippen LogP contribution in [0.4, 0.5) is 11.4 Å². The van der Waals surface area contributed by atoms with Crippen molar-refractivity contribution in [2.24, 2.45) is 0 Å². The Morgan fingerprint density at radius 2 is 2.33 bits per heavy atom. The van der Waals surface area contributed by atoms with Gasteiger partial charge in [0.2, 0.25) is 0 Å². The van der Waals surface area contributed by atoms with E-state index in [0.29, 0.717) is 0 Å². The largest absolute Gasteiger partial charge is 0.392 e. The van der Waals surface area contributed by atoms with E-state index in [9.17, 15) is 10.1 Å². The van der Waals surface area contributed by atoms with E-state index < -0.39 is 4.92 Å². The third-order valence-corrected chi connectivity index (χ3v) is 2.06. The molecule has 1 rings (SSSR count). The molecular formula is C5H3BrClN3O2. The third kappa shape index (κ3) is 1.49. The van der Waals surface area contributed by atoms with Gasteiger partial charge < -0.3 is 5.73 Å². The average molecular weight is 252 g/mol. The van der Waals surface area contributed by atoms with E-state index in [-0.39, 0.29) is 21.0 Å². The molecule has 0 saturated carbocycles. The van der Waals surface area contributed by atoms with Crippen molar-refractivity contribution in [1.29, 1.82) is 0 Å². The lowest BCUT2D eigenvalue weighted by molar-refractivity contribution is -0.385. The molecule has 64 valence electrons. The smallest absolute Gasteiger partial charge is 0.326 e. The summed E-state index contributed by atoms with van der Waals surface area (Å²) in [5.74, 6) is 0. The molecule has 2 N–H and O–H groups in total. The predicted molar refractivity (Wildman–Crippen MR) is 48.0 cm³/mol. The Morgan fingerprint density at radius 1 is 1.75 bits per heavy atom. The summed E-state index contributed by atoms with van der Waals surface area (Å²) in [4.78, 5) is 13.4.